The Labute approximate surface area is 184 Å². The van der Waals surface area contributed by atoms with E-state index in [9.17, 15) is 9.59 Å². The van der Waals surface area contributed by atoms with Crippen LogP contribution in [-0.4, -0.2) is 31.1 Å². The normalized spacial score (nSPS) is 15.2. The Balaban J connectivity index is 1.63. The molecule has 0 fully saturated rings. The molecule has 0 radical (unpaired) electrons. The van der Waals surface area contributed by atoms with Gasteiger partial charge in [0, 0.05) is 13.7 Å². The summed E-state index contributed by atoms with van der Waals surface area (Å²) >= 11 is 0. The number of hydrogen-bond donors (Lipinski definition) is 0. The Morgan fingerprint density at radius 2 is 1.66 bits per heavy atom. The van der Waals surface area contributed by atoms with Crippen LogP contribution in [0.4, 0.5) is 0 Å². The number of amides is 1. The highest BCUT2D eigenvalue weighted by Crippen LogP contribution is 2.39. The minimum Gasteiger partial charge on any atom is -0.457 e. The lowest BCUT2D eigenvalue weighted by Crippen LogP contribution is -2.32. The van der Waals surface area contributed by atoms with Crippen LogP contribution in [0.1, 0.15) is 27.7 Å². The van der Waals surface area contributed by atoms with Gasteiger partial charge in [-0.05, 0) is 42.0 Å². The van der Waals surface area contributed by atoms with Crippen LogP contribution >= 0.6 is 0 Å². The number of rotatable bonds is 6. The number of hydrogen-bond acceptors (Lipinski definition) is 5. The maximum Gasteiger partial charge on any atom is 0.290 e. The summed E-state index contributed by atoms with van der Waals surface area (Å²) in [4.78, 5) is 28.3. The van der Waals surface area contributed by atoms with E-state index in [0.29, 0.717) is 41.2 Å². The van der Waals surface area contributed by atoms with Gasteiger partial charge in [0.1, 0.15) is 17.1 Å². The fraction of sp³-hybridized carbons (Fsp3) is 0.154. The van der Waals surface area contributed by atoms with E-state index in [-0.39, 0.29) is 17.1 Å². The van der Waals surface area contributed by atoms with Crippen LogP contribution in [0, 0.1) is 0 Å². The Morgan fingerprint density at radius 1 is 0.906 bits per heavy atom. The quantitative estimate of drug-likeness (QED) is 0.443. The predicted octanol–water partition coefficient (Wildman–Crippen LogP) is 4.78. The van der Waals surface area contributed by atoms with E-state index in [2.05, 4.69) is 0 Å². The van der Waals surface area contributed by atoms with E-state index < -0.39 is 6.04 Å². The largest absolute Gasteiger partial charge is 0.457 e. The molecule has 1 amide bonds. The van der Waals surface area contributed by atoms with E-state index >= 15 is 0 Å². The van der Waals surface area contributed by atoms with Gasteiger partial charge in [0.15, 0.2) is 5.43 Å². The molecule has 0 aliphatic carbocycles. The van der Waals surface area contributed by atoms with Crippen molar-refractivity contribution in [1.29, 1.82) is 0 Å². The minimum atomic E-state index is -0.590. The summed E-state index contributed by atoms with van der Waals surface area (Å²) in [7, 11) is 1.58. The van der Waals surface area contributed by atoms with Crippen LogP contribution in [0.5, 0.6) is 11.5 Å². The van der Waals surface area contributed by atoms with Crippen molar-refractivity contribution in [3.05, 3.63) is 106 Å². The molecular weight excluding hydrogens is 406 g/mol. The molecule has 3 aromatic carbocycles. The summed E-state index contributed by atoms with van der Waals surface area (Å²) in [5.74, 6) is 1.09. The highest BCUT2D eigenvalue weighted by Gasteiger charge is 2.42. The van der Waals surface area contributed by atoms with Crippen LogP contribution in [0.25, 0.3) is 11.0 Å². The molecule has 6 heteroatoms. The molecule has 5 rings (SSSR count). The summed E-state index contributed by atoms with van der Waals surface area (Å²) < 4.78 is 17.1. The number of carbonyl (C=O) groups excluding carboxylic acids is 1. The zero-order valence-electron chi connectivity index (χ0n) is 17.5. The first-order valence-corrected chi connectivity index (χ1v) is 10.4. The highest BCUT2D eigenvalue weighted by atomic mass is 16.5. The molecule has 1 aromatic heterocycles. The number of nitrogens with zero attached hydrogens (tertiary/aromatic N) is 1. The summed E-state index contributed by atoms with van der Waals surface area (Å²) in [6.45, 7) is 0.661. The Hall–Kier alpha value is -3.90. The third-order valence-corrected chi connectivity index (χ3v) is 5.56. The van der Waals surface area contributed by atoms with Gasteiger partial charge < -0.3 is 18.8 Å². The van der Waals surface area contributed by atoms with Gasteiger partial charge in [-0.25, -0.2) is 0 Å². The molecule has 0 saturated carbocycles. The molecule has 0 N–H and O–H groups in total. The van der Waals surface area contributed by atoms with Gasteiger partial charge in [0.25, 0.3) is 5.91 Å². The standard InChI is InChI=1S/C26H21NO5/c1-30-15-14-27-23(17-8-7-11-19(16-17)31-18-9-3-2-4-10-18)22-24(28)20-12-5-6-13-21(20)32-25(22)26(27)29/h2-13,16,23H,14-15H2,1H3. The van der Waals surface area contributed by atoms with Crippen molar-refractivity contribution in [3.8, 4) is 11.5 Å². The zero-order chi connectivity index (χ0) is 22.1. The second kappa shape index (κ2) is 8.32. The summed E-state index contributed by atoms with van der Waals surface area (Å²) in [6.07, 6.45) is 0. The van der Waals surface area contributed by atoms with E-state index in [1.165, 1.54) is 0 Å². The number of methoxy groups -OCH3 is 1. The average molecular weight is 427 g/mol. The molecule has 1 atom stereocenters. The number of fused-ring (bicyclic) bond motifs is 2. The molecule has 4 aromatic rings. The molecule has 6 nitrogen and oxygen atoms in total. The second-order valence-corrected chi connectivity index (χ2v) is 7.55. The third-order valence-electron chi connectivity index (χ3n) is 5.56. The van der Waals surface area contributed by atoms with Gasteiger partial charge in [-0.1, -0.05) is 42.5 Å². The molecule has 160 valence electrons. The topological polar surface area (TPSA) is 69.0 Å². The van der Waals surface area contributed by atoms with Gasteiger partial charge in [-0.3, -0.25) is 9.59 Å². The van der Waals surface area contributed by atoms with E-state index in [1.54, 1.807) is 36.3 Å². The molecular formula is C26H21NO5. The highest BCUT2D eigenvalue weighted by molar-refractivity contribution is 5.99. The first kappa shape index (κ1) is 20.0. The van der Waals surface area contributed by atoms with Crippen molar-refractivity contribution in [2.75, 3.05) is 20.3 Å². The lowest BCUT2D eigenvalue weighted by Gasteiger charge is -2.25. The average Bonchev–Trinajstić information content (AvgIpc) is 3.10. The number of carbonyl (C=O) groups is 1. The number of benzene rings is 3. The Morgan fingerprint density at radius 3 is 2.47 bits per heavy atom. The molecule has 0 saturated heterocycles. The van der Waals surface area contributed by atoms with Gasteiger partial charge in [-0.2, -0.15) is 0 Å². The minimum absolute atomic E-state index is 0.0872. The van der Waals surface area contributed by atoms with Gasteiger partial charge in [0.05, 0.1) is 23.6 Å². The molecule has 32 heavy (non-hydrogen) atoms. The first-order valence-electron chi connectivity index (χ1n) is 10.4. The van der Waals surface area contributed by atoms with Gasteiger partial charge >= 0.3 is 0 Å². The SMILES string of the molecule is COCCN1C(=O)c2oc3ccccc3c(=O)c2C1c1cccc(Oc2ccccc2)c1. The lowest BCUT2D eigenvalue weighted by molar-refractivity contribution is 0.0663. The molecule has 1 aliphatic heterocycles. The fourth-order valence-corrected chi connectivity index (χ4v) is 4.11. The van der Waals surface area contributed by atoms with Crippen molar-refractivity contribution in [2.45, 2.75) is 6.04 Å². The fourth-order valence-electron chi connectivity index (χ4n) is 4.11. The van der Waals surface area contributed by atoms with Crippen LogP contribution in [0.3, 0.4) is 0 Å². The van der Waals surface area contributed by atoms with Crippen LogP contribution < -0.4 is 10.2 Å². The van der Waals surface area contributed by atoms with Crippen molar-refractivity contribution < 1.29 is 18.7 Å². The molecule has 1 aliphatic rings. The maximum atomic E-state index is 13.4. The number of para-hydroxylation sites is 2. The Kier molecular flexibility index (Phi) is 5.21. The third kappa shape index (κ3) is 3.44. The van der Waals surface area contributed by atoms with Gasteiger partial charge in [0.2, 0.25) is 5.76 Å². The summed E-state index contributed by atoms with van der Waals surface area (Å²) in [5.41, 5.74) is 1.32. The number of ether oxygens (including phenoxy) is 2. The van der Waals surface area contributed by atoms with Crippen molar-refractivity contribution in [2.24, 2.45) is 0 Å². The monoisotopic (exact) mass is 427 g/mol. The second-order valence-electron chi connectivity index (χ2n) is 7.55. The molecule has 2 heterocycles. The molecule has 0 bridgehead atoms. The molecule has 1 unspecified atom stereocenters. The van der Waals surface area contributed by atoms with Gasteiger partial charge in [-0.15, -0.1) is 0 Å². The van der Waals surface area contributed by atoms with Crippen molar-refractivity contribution in [1.82, 2.24) is 4.90 Å². The van der Waals surface area contributed by atoms with E-state index in [4.69, 9.17) is 13.9 Å². The van der Waals surface area contributed by atoms with Crippen molar-refractivity contribution >= 4 is 16.9 Å². The van der Waals surface area contributed by atoms with E-state index in [0.717, 1.165) is 5.56 Å². The predicted molar refractivity (Wildman–Crippen MR) is 120 cm³/mol. The van der Waals surface area contributed by atoms with Crippen LogP contribution in [0.15, 0.2) is 88.1 Å². The lowest BCUT2D eigenvalue weighted by atomic mass is 9.98. The van der Waals surface area contributed by atoms with Crippen LogP contribution in [0.2, 0.25) is 0 Å². The Bertz CT molecular complexity index is 1350. The zero-order valence-corrected chi connectivity index (χ0v) is 17.5. The smallest absolute Gasteiger partial charge is 0.290 e. The van der Waals surface area contributed by atoms with E-state index in [1.807, 2.05) is 54.6 Å². The van der Waals surface area contributed by atoms with Crippen molar-refractivity contribution in [3.63, 3.8) is 0 Å². The summed E-state index contributed by atoms with van der Waals surface area (Å²) in [6, 6.07) is 23.3. The molecule has 0 spiro atoms. The van der Waals surface area contributed by atoms with Crippen LogP contribution in [-0.2, 0) is 4.74 Å². The maximum absolute atomic E-state index is 13.4. The summed E-state index contributed by atoms with van der Waals surface area (Å²) in [5, 5.41) is 0.453. The first-order chi connectivity index (χ1) is 15.7.